The second-order valence-electron chi connectivity index (χ2n) is 8.74. The van der Waals surface area contributed by atoms with Crippen molar-refractivity contribution in [2.24, 2.45) is 0 Å². The molecule has 2 aromatic carbocycles. The average molecular weight is 496 g/mol. The van der Waals surface area contributed by atoms with Gasteiger partial charge < -0.3 is 14.5 Å². The number of carbonyl (C=O) groups excluding carboxylic acids is 2. The Morgan fingerprint density at radius 2 is 1.81 bits per heavy atom. The first kappa shape index (κ1) is 23.7. The predicted octanol–water partition coefficient (Wildman–Crippen LogP) is 4.51. The number of fused-ring (bicyclic) bond motifs is 2. The minimum absolute atomic E-state index is 0.178. The third-order valence-electron chi connectivity index (χ3n) is 6.32. The lowest BCUT2D eigenvalue weighted by Gasteiger charge is -2.37. The average Bonchev–Trinajstić information content (AvgIpc) is 2.98. The van der Waals surface area contributed by atoms with Crippen LogP contribution in [0.25, 0.3) is 0 Å². The van der Waals surface area contributed by atoms with E-state index in [1.54, 1.807) is 35.2 Å². The van der Waals surface area contributed by atoms with Crippen LogP contribution in [0.4, 0.5) is 24.5 Å². The van der Waals surface area contributed by atoms with Crippen molar-refractivity contribution in [3.8, 4) is 11.6 Å². The largest absolute Gasteiger partial charge is 0.436 e. The Hall–Kier alpha value is -4.08. The van der Waals surface area contributed by atoms with Gasteiger partial charge in [0, 0.05) is 38.1 Å². The summed E-state index contributed by atoms with van der Waals surface area (Å²) in [4.78, 5) is 35.7. The number of nitrogens with zero attached hydrogens (tertiary/aromatic N) is 4. The molecule has 0 unspecified atom stereocenters. The fraction of sp³-hybridized carbons (Fsp3) is 0.269. The lowest BCUT2D eigenvalue weighted by molar-refractivity contribution is -0.137. The Morgan fingerprint density at radius 1 is 1.03 bits per heavy atom. The normalized spacial score (nSPS) is 15.7. The molecular formula is C26H23F3N4O3. The van der Waals surface area contributed by atoms with Crippen LogP contribution < -0.4 is 14.5 Å². The quantitative estimate of drug-likeness (QED) is 0.534. The molecule has 0 saturated carbocycles. The number of halogens is 3. The Bertz CT molecular complexity index is 1320. The molecule has 2 aliphatic rings. The standard InChI is InChI=1S/C26H23F3N4O3/c1-17-7-8-22-21(14-17)33(25(35)20-6-3-9-30-24(20)36-22)16-23(34)32-12-10-31(11-13-32)19-5-2-4-18(15-19)26(27,28)29/h2-9,14-15H,10-13,16H2,1H3. The molecule has 3 heterocycles. The van der Waals surface area contributed by atoms with E-state index in [-0.39, 0.29) is 23.9 Å². The molecule has 2 aliphatic heterocycles. The number of piperazine rings is 1. The van der Waals surface area contributed by atoms with Crippen LogP contribution in [0.1, 0.15) is 21.5 Å². The van der Waals surface area contributed by atoms with E-state index >= 15 is 0 Å². The Labute approximate surface area is 205 Å². The van der Waals surface area contributed by atoms with Gasteiger partial charge in [-0.15, -0.1) is 0 Å². The van der Waals surface area contributed by atoms with Crippen LogP contribution in [0.3, 0.4) is 0 Å². The number of hydrogen-bond donors (Lipinski definition) is 0. The first-order valence-electron chi connectivity index (χ1n) is 11.5. The summed E-state index contributed by atoms with van der Waals surface area (Å²) in [6.07, 6.45) is -2.88. The summed E-state index contributed by atoms with van der Waals surface area (Å²) in [5, 5.41) is 0. The van der Waals surface area contributed by atoms with Crippen LogP contribution in [-0.2, 0) is 11.0 Å². The molecule has 1 aromatic heterocycles. The van der Waals surface area contributed by atoms with Crippen LogP contribution in [0.15, 0.2) is 60.8 Å². The number of rotatable bonds is 3. The molecule has 2 amide bonds. The van der Waals surface area contributed by atoms with E-state index in [1.165, 1.54) is 17.2 Å². The first-order valence-corrected chi connectivity index (χ1v) is 11.5. The lowest BCUT2D eigenvalue weighted by Crippen LogP contribution is -2.52. The van der Waals surface area contributed by atoms with Crippen LogP contribution in [0, 0.1) is 6.92 Å². The number of hydrogen-bond acceptors (Lipinski definition) is 5. The van der Waals surface area contributed by atoms with Crippen molar-refractivity contribution < 1.29 is 27.5 Å². The van der Waals surface area contributed by atoms with Crippen molar-refractivity contribution in [3.05, 3.63) is 77.5 Å². The minimum atomic E-state index is -4.42. The number of amides is 2. The van der Waals surface area contributed by atoms with E-state index in [1.807, 2.05) is 17.9 Å². The summed E-state index contributed by atoms with van der Waals surface area (Å²) >= 11 is 0. The zero-order valence-corrected chi connectivity index (χ0v) is 19.5. The van der Waals surface area contributed by atoms with Gasteiger partial charge in [-0.25, -0.2) is 4.98 Å². The Kier molecular flexibility index (Phi) is 6.03. The molecule has 186 valence electrons. The topological polar surface area (TPSA) is 66.0 Å². The number of ether oxygens (including phenoxy) is 1. The van der Waals surface area contributed by atoms with Crippen LogP contribution in [0.5, 0.6) is 11.6 Å². The molecule has 0 aliphatic carbocycles. The van der Waals surface area contributed by atoms with Crippen molar-refractivity contribution in [1.82, 2.24) is 9.88 Å². The third kappa shape index (κ3) is 4.58. The predicted molar refractivity (Wildman–Crippen MR) is 127 cm³/mol. The summed E-state index contributed by atoms with van der Waals surface area (Å²) < 4.78 is 45.2. The van der Waals surface area contributed by atoms with Crippen molar-refractivity contribution in [3.63, 3.8) is 0 Å². The molecule has 36 heavy (non-hydrogen) atoms. The van der Waals surface area contributed by atoms with Gasteiger partial charge in [0.05, 0.1) is 11.3 Å². The summed E-state index contributed by atoms with van der Waals surface area (Å²) in [5.74, 6) is -0.0453. The van der Waals surface area contributed by atoms with E-state index in [9.17, 15) is 22.8 Å². The molecular weight excluding hydrogens is 473 g/mol. The molecule has 0 radical (unpaired) electrons. The van der Waals surface area contributed by atoms with Gasteiger partial charge >= 0.3 is 6.18 Å². The SMILES string of the molecule is Cc1ccc2c(c1)N(CC(=O)N1CCN(c3cccc(C(F)(F)F)c3)CC1)C(=O)c1cccnc1O2. The number of carbonyl (C=O) groups is 2. The van der Waals surface area contributed by atoms with Crippen molar-refractivity contribution >= 4 is 23.2 Å². The zero-order valence-electron chi connectivity index (χ0n) is 19.5. The highest BCUT2D eigenvalue weighted by molar-refractivity contribution is 6.11. The summed E-state index contributed by atoms with van der Waals surface area (Å²) in [6.45, 7) is 3.10. The number of aromatic nitrogens is 1. The van der Waals surface area contributed by atoms with Gasteiger partial charge in [0.25, 0.3) is 5.91 Å². The molecule has 0 spiro atoms. The fourth-order valence-electron chi connectivity index (χ4n) is 4.40. The van der Waals surface area contributed by atoms with E-state index < -0.39 is 17.6 Å². The summed E-state index contributed by atoms with van der Waals surface area (Å²) in [5.41, 5.74) is 1.40. The van der Waals surface area contributed by atoms with Crippen LogP contribution in [-0.4, -0.2) is 54.4 Å². The molecule has 1 fully saturated rings. The van der Waals surface area contributed by atoms with Gasteiger partial charge in [-0.1, -0.05) is 12.1 Å². The summed E-state index contributed by atoms with van der Waals surface area (Å²) in [7, 11) is 0. The van der Waals surface area contributed by atoms with Crippen molar-refractivity contribution in [2.45, 2.75) is 13.1 Å². The fourth-order valence-corrected chi connectivity index (χ4v) is 4.40. The van der Waals surface area contributed by atoms with E-state index in [0.29, 0.717) is 43.3 Å². The maximum atomic E-state index is 13.4. The number of aryl methyl sites for hydroxylation is 1. The molecule has 10 heteroatoms. The van der Waals surface area contributed by atoms with Gasteiger partial charge in [-0.05, 0) is 55.0 Å². The van der Waals surface area contributed by atoms with Gasteiger partial charge in [0.2, 0.25) is 11.8 Å². The minimum Gasteiger partial charge on any atom is -0.436 e. The lowest BCUT2D eigenvalue weighted by atomic mass is 10.1. The molecule has 7 nitrogen and oxygen atoms in total. The number of pyridine rings is 1. The van der Waals surface area contributed by atoms with Gasteiger partial charge in [-0.2, -0.15) is 13.2 Å². The molecule has 1 saturated heterocycles. The second-order valence-corrected chi connectivity index (χ2v) is 8.74. The molecule has 3 aromatic rings. The molecule has 0 N–H and O–H groups in total. The number of anilines is 2. The maximum Gasteiger partial charge on any atom is 0.416 e. The van der Waals surface area contributed by atoms with Crippen molar-refractivity contribution in [1.29, 1.82) is 0 Å². The van der Waals surface area contributed by atoms with Crippen molar-refractivity contribution in [2.75, 3.05) is 42.5 Å². The highest BCUT2D eigenvalue weighted by Gasteiger charge is 2.33. The van der Waals surface area contributed by atoms with Crippen LogP contribution >= 0.6 is 0 Å². The van der Waals surface area contributed by atoms with Crippen LogP contribution in [0.2, 0.25) is 0 Å². The number of alkyl halides is 3. The first-order chi connectivity index (χ1) is 17.2. The smallest absolute Gasteiger partial charge is 0.416 e. The highest BCUT2D eigenvalue weighted by atomic mass is 19.4. The monoisotopic (exact) mass is 496 g/mol. The van der Waals surface area contributed by atoms with E-state index in [4.69, 9.17) is 4.74 Å². The van der Waals surface area contributed by atoms with E-state index in [0.717, 1.165) is 17.7 Å². The van der Waals surface area contributed by atoms with Gasteiger partial charge in [-0.3, -0.25) is 14.5 Å². The second kappa shape index (κ2) is 9.18. The van der Waals surface area contributed by atoms with Gasteiger partial charge in [0.1, 0.15) is 12.1 Å². The van der Waals surface area contributed by atoms with E-state index in [2.05, 4.69) is 4.98 Å². The van der Waals surface area contributed by atoms with Gasteiger partial charge in [0.15, 0.2) is 5.75 Å². The maximum absolute atomic E-state index is 13.4. The Morgan fingerprint density at radius 3 is 2.56 bits per heavy atom. The number of benzene rings is 2. The molecule has 5 rings (SSSR count). The Balaban J connectivity index is 1.32. The summed E-state index contributed by atoms with van der Waals surface area (Å²) in [6, 6.07) is 13.8. The zero-order chi connectivity index (χ0) is 25.4. The highest BCUT2D eigenvalue weighted by Crippen LogP contribution is 2.38. The molecule has 0 bridgehead atoms. The molecule has 0 atom stereocenters. The third-order valence-corrected chi connectivity index (χ3v) is 6.32.